The smallest absolute Gasteiger partial charge is 0.0933 e. The summed E-state index contributed by atoms with van der Waals surface area (Å²) in [6.45, 7) is 9.45. The standard InChI is InChI=1S/C9H20N2/c1-5-7-10-9(4)11-8(3)6-2/h8H,5-7H2,1-4H3,(H,10,11). The van der Waals surface area contributed by atoms with Gasteiger partial charge < -0.3 is 5.32 Å². The van der Waals surface area contributed by atoms with E-state index >= 15 is 0 Å². The molecule has 0 radical (unpaired) electrons. The van der Waals surface area contributed by atoms with Gasteiger partial charge >= 0.3 is 0 Å². The maximum absolute atomic E-state index is 4.34. The van der Waals surface area contributed by atoms with Crippen LogP contribution in [0.25, 0.3) is 0 Å². The van der Waals surface area contributed by atoms with Crippen LogP contribution in [0, 0.1) is 0 Å². The first-order valence-electron chi connectivity index (χ1n) is 4.48. The number of hydrogen-bond donors (Lipinski definition) is 1. The van der Waals surface area contributed by atoms with Gasteiger partial charge in [0.1, 0.15) is 0 Å². The van der Waals surface area contributed by atoms with Gasteiger partial charge in [-0.25, -0.2) is 0 Å². The van der Waals surface area contributed by atoms with Crippen molar-refractivity contribution in [3.8, 4) is 0 Å². The first kappa shape index (κ1) is 10.5. The molecule has 0 heterocycles. The highest BCUT2D eigenvalue weighted by molar-refractivity contribution is 5.79. The van der Waals surface area contributed by atoms with Crippen molar-refractivity contribution in [2.75, 3.05) is 6.54 Å². The van der Waals surface area contributed by atoms with E-state index in [0.29, 0.717) is 6.04 Å². The van der Waals surface area contributed by atoms with Gasteiger partial charge in [-0.2, -0.15) is 0 Å². The molecule has 0 aromatic rings. The molecule has 1 unspecified atom stereocenters. The average molecular weight is 156 g/mol. The molecule has 0 aliphatic heterocycles. The van der Waals surface area contributed by atoms with Crippen LogP contribution < -0.4 is 5.32 Å². The zero-order valence-electron chi connectivity index (χ0n) is 8.15. The molecule has 0 bridgehead atoms. The fraction of sp³-hybridized carbons (Fsp3) is 0.889. The molecule has 0 aromatic heterocycles. The molecular weight excluding hydrogens is 136 g/mol. The summed E-state index contributed by atoms with van der Waals surface area (Å²) in [5.41, 5.74) is 0. The molecule has 2 heteroatoms. The van der Waals surface area contributed by atoms with E-state index in [-0.39, 0.29) is 0 Å². The topological polar surface area (TPSA) is 24.4 Å². The number of rotatable bonds is 4. The maximum atomic E-state index is 4.34. The number of aliphatic imine (C=N–C) groups is 1. The lowest BCUT2D eigenvalue weighted by Crippen LogP contribution is -2.30. The summed E-state index contributed by atoms with van der Waals surface area (Å²) in [4.78, 5) is 4.34. The molecule has 0 aliphatic carbocycles. The number of nitrogens with zero attached hydrogens (tertiary/aromatic N) is 1. The molecule has 1 N–H and O–H groups in total. The van der Waals surface area contributed by atoms with Crippen LogP contribution >= 0.6 is 0 Å². The van der Waals surface area contributed by atoms with Crippen LogP contribution in [0.3, 0.4) is 0 Å². The number of hydrogen-bond acceptors (Lipinski definition) is 1. The first-order valence-corrected chi connectivity index (χ1v) is 4.48. The number of amidine groups is 1. The van der Waals surface area contributed by atoms with Crippen molar-refractivity contribution < 1.29 is 0 Å². The third-order valence-electron chi connectivity index (χ3n) is 1.64. The summed E-state index contributed by atoms with van der Waals surface area (Å²) in [5, 5.41) is 3.31. The molecule has 0 fully saturated rings. The zero-order valence-corrected chi connectivity index (χ0v) is 8.15. The van der Waals surface area contributed by atoms with Crippen LogP contribution in [0.2, 0.25) is 0 Å². The monoisotopic (exact) mass is 156 g/mol. The zero-order chi connectivity index (χ0) is 8.69. The van der Waals surface area contributed by atoms with Crippen molar-refractivity contribution >= 4 is 5.84 Å². The Bertz CT molecular complexity index is 119. The minimum atomic E-state index is 0.551. The second-order valence-electron chi connectivity index (χ2n) is 2.92. The minimum absolute atomic E-state index is 0.551. The van der Waals surface area contributed by atoms with Gasteiger partial charge in [-0.1, -0.05) is 13.8 Å². The van der Waals surface area contributed by atoms with Gasteiger partial charge in [-0.05, 0) is 26.7 Å². The van der Waals surface area contributed by atoms with E-state index in [2.05, 4.69) is 31.1 Å². The Labute approximate surface area is 70.1 Å². The predicted molar refractivity (Wildman–Crippen MR) is 51.2 cm³/mol. The molecule has 1 atom stereocenters. The van der Waals surface area contributed by atoms with Gasteiger partial charge in [0.25, 0.3) is 0 Å². The molecule has 0 saturated heterocycles. The largest absolute Gasteiger partial charge is 0.372 e. The Morgan fingerprint density at radius 3 is 2.55 bits per heavy atom. The van der Waals surface area contributed by atoms with Gasteiger partial charge in [0.15, 0.2) is 0 Å². The van der Waals surface area contributed by atoms with Crippen LogP contribution in [0.1, 0.15) is 40.5 Å². The Hall–Kier alpha value is -0.530. The third-order valence-corrected chi connectivity index (χ3v) is 1.64. The highest BCUT2D eigenvalue weighted by atomic mass is 15.0. The normalized spacial score (nSPS) is 14.7. The second kappa shape index (κ2) is 6.20. The quantitative estimate of drug-likeness (QED) is 0.490. The van der Waals surface area contributed by atoms with E-state index in [9.17, 15) is 0 Å². The van der Waals surface area contributed by atoms with E-state index in [1.165, 1.54) is 0 Å². The Balaban J connectivity index is 3.57. The SMILES string of the molecule is CCCN=C(C)NC(C)CC. The van der Waals surface area contributed by atoms with E-state index in [1.807, 2.05) is 6.92 Å². The van der Waals surface area contributed by atoms with Gasteiger partial charge in [0.05, 0.1) is 5.84 Å². The van der Waals surface area contributed by atoms with Crippen LogP contribution in [0.5, 0.6) is 0 Å². The van der Waals surface area contributed by atoms with Gasteiger partial charge in [0, 0.05) is 12.6 Å². The lowest BCUT2D eigenvalue weighted by Gasteiger charge is -2.11. The van der Waals surface area contributed by atoms with Gasteiger partial charge in [-0.3, -0.25) is 4.99 Å². The molecule has 66 valence electrons. The van der Waals surface area contributed by atoms with Crippen LogP contribution in [0.4, 0.5) is 0 Å². The van der Waals surface area contributed by atoms with Crippen molar-refractivity contribution in [2.24, 2.45) is 4.99 Å². The van der Waals surface area contributed by atoms with E-state index in [4.69, 9.17) is 0 Å². The fourth-order valence-electron chi connectivity index (χ4n) is 0.784. The summed E-state index contributed by atoms with van der Waals surface area (Å²) >= 11 is 0. The van der Waals surface area contributed by atoms with E-state index in [0.717, 1.165) is 25.2 Å². The molecule has 2 nitrogen and oxygen atoms in total. The summed E-state index contributed by atoms with van der Waals surface area (Å²) in [5.74, 6) is 1.07. The van der Waals surface area contributed by atoms with E-state index in [1.54, 1.807) is 0 Å². The molecule has 0 aromatic carbocycles. The van der Waals surface area contributed by atoms with E-state index < -0.39 is 0 Å². The highest BCUT2D eigenvalue weighted by Crippen LogP contribution is 1.88. The predicted octanol–water partition coefficient (Wildman–Crippen LogP) is 2.20. The summed E-state index contributed by atoms with van der Waals surface area (Å²) < 4.78 is 0. The van der Waals surface area contributed by atoms with Crippen molar-refractivity contribution in [2.45, 2.75) is 46.6 Å². The van der Waals surface area contributed by atoms with Gasteiger partial charge in [-0.15, -0.1) is 0 Å². The minimum Gasteiger partial charge on any atom is -0.372 e. The second-order valence-corrected chi connectivity index (χ2v) is 2.92. The molecule has 0 saturated carbocycles. The molecule has 11 heavy (non-hydrogen) atoms. The summed E-state index contributed by atoms with van der Waals surface area (Å²) in [7, 11) is 0. The summed E-state index contributed by atoms with van der Waals surface area (Å²) in [6.07, 6.45) is 2.28. The lowest BCUT2D eigenvalue weighted by atomic mass is 10.2. The van der Waals surface area contributed by atoms with Crippen LogP contribution in [-0.4, -0.2) is 18.4 Å². The van der Waals surface area contributed by atoms with Crippen molar-refractivity contribution in [3.05, 3.63) is 0 Å². The molecular formula is C9H20N2. The van der Waals surface area contributed by atoms with Crippen LogP contribution in [-0.2, 0) is 0 Å². The molecule has 0 rings (SSSR count). The van der Waals surface area contributed by atoms with Crippen molar-refractivity contribution in [3.63, 3.8) is 0 Å². The Kier molecular flexibility index (Phi) is 5.90. The van der Waals surface area contributed by atoms with Crippen molar-refractivity contribution in [1.82, 2.24) is 5.32 Å². The fourth-order valence-corrected chi connectivity index (χ4v) is 0.784. The highest BCUT2D eigenvalue weighted by Gasteiger charge is 1.96. The third kappa shape index (κ3) is 5.89. The maximum Gasteiger partial charge on any atom is 0.0933 e. The van der Waals surface area contributed by atoms with Crippen LogP contribution in [0.15, 0.2) is 4.99 Å². The van der Waals surface area contributed by atoms with Crippen molar-refractivity contribution in [1.29, 1.82) is 0 Å². The first-order chi connectivity index (χ1) is 5.20. The van der Waals surface area contributed by atoms with Gasteiger partial charge in [0.2, 0.25) is 0 Å². The average Bonchev–Trinajstić information content (AvgIpc) is 2.00. The molecule has 0 spiro atoms. The molecule has 0 aliphatic rings. The lowest BCUT2D eigenvalue weighted by molar-refractivity contribution is 0.638. The summed E-state index contributed by atoms with van der Waals surface area (Å²) in [6, 6.07) is 0.551. The molecule has 0 amide bonds. The Morgan fingerprint density at radius 2 is 2.09 bits per heavy atom. The number of nitrogens with one attached hydrogen (secondary N) is 1. The Morgan fingerprint density at radius 1 is 1.45 bits per heavy atom.